The average Bonchev–Trinajstić information content (AvgIpc) is 2.48. The number of carbonyl (C=O) groups excluding carboxylic acids is 2. The first-order valence-corrected chi connectivity index (χ1v) is 7.26. The Morgan fingerprint density at radius 2 is 1.96 bits per heavy atom. The van der Waals surface area contributed by atoms with Gasteiger partial charge in [0, 0.05) is 12.2 Å². The van der Waals surface area contributed by atoms with Crippen molar-refractivity contribution >= 4 is 53.8 Å². The number of nitrogens with zero attached hydrogens (tertiary/aromatic N) is 2. The van der Waals surface area contributed by atoms with Gasteiger partial charge in [-0.15, -0.1) is 5.10 Å². The molecule has 23 heavy (non-hydrogen) atoms. The lowest BCUT2D eigenvalue weighted by Crippen LogP contribution is -2.49. The van der Waals surface area contributed by atoms with Crippen molar-refractivity contribution in [2.24, 2.45) is 10.8 Å². The van der Waals surface area contributed by atoms with E-state index in [-0.39, 0.29) is 18.6 Å². The highest BCUT2D eigenvalue weighted by Gasteiger charge is 2.26. The Hall–Kier alpha value is -2.01. The van der Waals surface area contributed by atoms with Crippen LogP contribution >= 0.6 is 24.8 Å². The first kappa shape index (κ1) is 21.0. The molecule has 0 aliphatic rings. The topological polar surface area (TPSA) is 162 Å². The molecule has 2 atom stereocenters. The van der Waals surface area contributed by atoms with Crippen LogP contribution in [0.2, 0.25) is 0 Å². The van der Waals surface area contributed by atoms with E-state index in [0.29, 0.717) is 5.01 Å². The summed E-state index contributed by atoms with van der Waals surface area (Å²) in [5, 5.41) is 25.4. The van der Waals surface area contributed by atoms with E-state index < -0.39 is 42.4 Å². The Labute approximate surface area is 142 Å². The lowest BCUT2D eigenvalue weighted by atomic mass is 10.1. The number of hydrogen-bond acceptors (Lipinski definition) is 8. The molecule has 0 aromatic heterocycles. The number of hydrogen-bond donors (Lipinski definition) is 5. The maximum Gasteiger partial charge on any atom is 0.325 e. The molecule has 0 aliphatic carbocycles. The highest BCUT2D eigenvalue weighted by molar-refractivity contribution is 7.80. The first-order valence-electron chi connectivity index (χ1n) is 6.22. The Balaban J connectivity index is 4.75. The molecule has 2 unspecified atom stereocenters. The number of rotatable bonds is 10. The number of nitrogens with one attached hydrogen (secondary N) is 1. The second-order valence-corrected chi connectivity index (χ2v) is 4.81. The quantitative estimate of drug-likeness (QED) is 0.136. The van der Waals surface area contributed by atoms with Gasteiger partial charge in [0.05, 0.1) is 5.16 Å². The van der Waals surface area contributed by atoms with Crippen molar-refractivity contribution in [1.29, 1.82) is 0 Å². The van der Waals surface area contributed by atoms with Gasteiger partial charge in [-0.25, -0.2) is 5.01 Å². The summed E-state index contributed by atoms with van der Waals surface area (Å²) >= 11 is 8.23. The van der Waals surface area contributed by atoms with Crippen molar-refractivity contribution in [2.45, 2.75) is 24.9 Å². The summed E-state index contributed by atoms with van der Waals surface area (Å²) in [7, 11) is 0. The molecule has 0 saturated heterocycles. The molecular formula is C11H16N4O6S2. The number of carboxylic acid groups (broad SMARTS) is 2. The molecule has 0 fully saturated rings. The monoisotopic (exact) mass is 364 g/mol. The zero-order valence-corrected chi connectivity index (χ0v) is 13.5. The van der Waals surface area contributed by atoms with Crippen molar-refractivity contribution in [3.05, 3.63) is 0 Å². The average molecular weight is 364 g/mol. The maximum absolute atomic E-state index is 12.1. The van der Waals surface area contributed by atoms with Gasteiger partial charge in [0.1, 0.15) is 18.6 Å². The highest BCUT2D eigenvalue weighted by atomic mass is 32.1. The second kappa shape index (κ2) is 10.7. The minimum atomic E-state index is -1.33. The molecule has 0 spiro atoms. The van der Waals surface area contributed by atoms with Gasteiger partial charge in [-0.05, 0) is 18.6 Å². The SMILES string of the molecule is NC(CCC(=O)NC(CS)C(=O)N(CC(=O)O)N=C=S)C(=O)O. The third kappa shape index (κ3) is 8.26. The lowest BCUT2D eigenvalue weighted by Gasteiger charge is -2.21. The minimum absolute atomic E-state index is 0.119. The Morgan fingerprint density at radius 3 is 2.39 bits per heavy atom. The summed E-state index contributed by atoms with van der Waals surface area (Å²) in [6.07, 6.45) is -0.341. The molecule has 0 aliphatic heterocycles. The van der Waals surface area contributed by atoms with Crippen LogP contribution < -0.4 is 11.1 Å². The molecule has 0 heterocycles. The van der Waals surface area contributed by atoms with Gasteiger partial charge in [-0.3, -0.25) is 19.2 Å². The number of thiol groups is 1. The summed E-state index contributed by atoms with van der Waals surface area (Å²) in [5.74, 6) is -4.17. The third-order valence-corrected chi connectivity index (χ3v) is 2.96. The highest BCUT2D eigenvalue weighted by Crippen LogP contribution is 2.01. The van der Waals surface area contributed by atoms with E-state index >= 15 is 0 Å². The summed E-state index contributed by atoms with van der Waals surface area (Å²) in [5.41, 5.74) is 5.26. The third-order valence-electron chi connectivity index (χ3n) is 2.52. The molecule has 0 rings (SSSR count). The number of thiocarbonyl (C=S) groups is 1. The Bertz CT molecular complexity index is 523. The van der Waals surface area contributed by atoms with E-state index in [9.17, 15) is 19.2 Å². The van der Waals surface area contributed by atoms with Crippen molar-refractivity contribution in [3.8, 4) is 0 Å². The van der Waals surface area contributed by atoms with Gasteiger partial charge >= 0.3 is 11.9 Å². The molecule has 2 amide bonds. The second-order valence-electron chi connectivity index (χ2n) is 4.27. The molecular weight excluding hydrogens is 348 g/mol. The van der Waals surface area contributed by atoms with Crippen LogP contribution in [0.4, 0.5) is 0 Å². The van der Waals surface area contributed by atoms with Crippen LogP contribution in [0.25, 0.3) is 0 Å². The van der Waals surface area contributed by atoms with Crippen LogP contribution in [0.3, 0.4) is 0 Å². The Morgan fingerprint density at radius 1 is 1.35 bits per heavy atom. The minimum Gasteiger partial charge on any atom is -0.480 e. The van der Waals surface area contributed by atoms with Crippen molar-refractivity contribution in [2.75, 3.05) is 12.3 Å². The molecule has 0 radical (unpaired) electrons. The summed E-state index contributed by atoms with van der Waals surface area (Å²) in [6.45, 7) is -0.757. The van der Waals surface area contributed by atoms with Gasteiger partial charge in [-0.2, -0.15) is 12.6 Å². The van der Waals surface area contributed by atoms with E-state index in [2.05, 4.69) is 35.3 Å². The molecule has 0 bridgehead atoms. The standard InChI is InChI=1S/C11H16N4O6S2/c12-6(11(20)21)1-2-8(16)14-7(4-22)10(19)15(13-5-23)3-9(17)18/h6-7,22H,1-4,12H2,(H,14,16)(H,17,18)(H,20,21). The zero-order valence-electron chi connectivity index (χ0n) is 11.8. The Kier molecular flexibility index (Phi) is 9.74. The maximum atomic E-state index is 12.1. The van der Waals surface area contributed by atoms with Gasteiger partial charge in [0.15, 0.2) is 0 Å². The number of isothiocyanates is 1. The van der Waals surface area contributed by atoms with Crippen molar-refractivity contribution < 1.29 is 29.4 Å². The van der Waals surface area contributed by atoms with Crippen LogP contribution in [0.15, 0.2) is 5.10 Å². The molecule has 5 N–H and O–H groups in total. The fourth-order valence-corrected chi connectivity index (χ4v) is 1.73. The van der Waals surface area contributed by atoms with Crippen molar-refractivity contribution in [3.63, 3.8) is 0 Å². The van der Waals surface area contributed by atoms with Crippen LogP contribution in [-0.2, 0) is 19.2 Å². The molecule has 0 saturated carbocycles. The number of hydrazone groups is 1. The fraction of sp³-hybridized carbons (Fsp3) is 0.545. The molecule has 128 valence electrons. The zero-order chi connectivity index (χ0) is 18.0. The van der Waals surface area contributed by atoms with Crippen LogP contribution in [0.5, 0.6) is 0 Å². The fourth-order valence-electron chi connectivity index (χ4n) is 1.38. The summed E-state index contributed by atoms with van der Waals surface area (Å²) in [4.78, 5) is 45.0. The van der Waals surface area contributed by atoms with E-state index in [0.717, 1.165) is 0 Å². The molecule has 0 aromatic carbocycles. The smallest absolute Gasteiger partial charge is 0.325 e. The van der Waals surface area contributed by atoms with Gasteiger partial charge in [0.2, 0.25) is 5.91 Å². The van der Waals surface area contributed by atoms with Crippen LogP contribution in [0.1, 0.15) is 12.8 Å². The van der Waals surface area contributed by atoms with Gasteiger partial charge < -0.3 is 21.3 Å². The molecule has 10 nitrogen and oxygen atoms in total. The predicted octanol–water partition coefficient (Wildman–Crippen LogP) is -1.48. The van der Waals surface area contributed by atoms with E-state index in [1.54, 1.807) is 0 Å². The number of nitrogens with two attached hydrogens (primary N) is 1. The van der Waals surface area contributed by atoms with Gasteiger partial charge in [-0.1, -0.05) is 0 Å². The molecule has 0 aromatic rings. The largest absolute Gasteiger partial charge is 0.480 e. The van der Waals surface area contributed by atoms with Crippen LogP contribution in [0, 0.1) is 0 Å². The van der Waals surface area contributed by atoms with Crippen molar-refractivity contribution in [1.82, 2.24) is 10.3 Å². The van der Waals surface area contributed by atoms with Crippen LogP contribution in [-0.4, -0.2) is 68.5 Å². The van der Waals surface area contributed by atoms with E-state index in [1.807, 2.05) is 5.16 Å². The number of amides is 2. The summed E-state index contributed by atoms with van der Waals surface area (Å²) in [6, 6.07) is -2.35. The van der Waals surface area contributed by atoms with E-state index in [1.165, 1.54) is 0 Å². The lowest BCUT2D eigenvalue weighted by molar-refractivity contribution is -0.145. The molecule has 12 heteroatoms. The van der Waals surface area contributed by atoms with E-state index in [4.69, 9.17) is 15.9 Å². The predicted molar refractivity (Wildman–Crippen MR) is 85.0 cm³/mol. The summed E-state index contributed by atoms with van der Waals surface area (Å²) < 4.78 is 0. The number of aliphatic carboxylic acids is 2. The number of carboxylic acids is 2. The first-order chi connectivity index (χ1) is 10.7. The van der Waals surface area contributed by atoms with Gasteiger partial charge in [0.25, 0.3) is 5.91 Å². The normalized spacial score (nSPS) is 12.4. The number of carbonyl (C=O) groups is 4.